The van der Waals surface area contributed by atoms with E-state index in [1.54, 1.807) is 24.3 Å². The number of halogens is 1. The molecule has 4 rings (SSSR count). The molecular formula is C23H20ClN3O3S. The van der Waals surface area contributed by atoms with Crippen LogP contribution >= 0.6 is 22.9 Å². The van der Waals surface area contributed by atoms with E-state index >= 15 is 0 Å². The Hall–Kier alpha value is -3.03. The summed E-state index contributed by atoms with van der Waals surface area (Å²) in [5.41, 5.74) is 2.15. The topological polar surface area (TPSA) is 83.4 Å². The molecule has 0 saturated carbocycles. The van der Waals surface area contributed by atoms with Crippen LogP contribution in [-0.2, 0) is 9.59 Å². The lowest BCUT2D eigenvalue weighted by atomic mass is 9.95. The number of anilines is 1. The van der Waals surface area contributed by atoms with Crippen LogP contribution in [0.5, 0.6) is 0 Å². The molecule has 2 heterocycles. The summed E-state index contributed by atoms with van der Waals surface area (Å²) in [6.45, 7) is 5.92. The van der Waals surface area contributed by atoms with Crippen molar-refractivity contribution in [3.8, 4) is 0 Å². The maximum absolute atomic E-state index is 13.1. The third kappa shape index (κ3) is 3.86. The third-order valence-corrected chi connectivity index (χ3v) is 6.56. The maximum Gasteiger partial charge on any atom is 0.301 e. The van der Waals surface area contributed by atoms with Crippen molar-refractivity contribution in [2.24, 2.45) is 0 Å². The van der Waals surface area contributed by atoms with Crippen LogP contribution in [-0.4, -0.2) is 27.0 Å². The Bertz CT molecular complexity index is 1180. The van der Waals surface area contributed by atoms with Gasteiger partial charge < -0.3 is 5.11 Å². The quantitative estimate of drug-likeness (QED) is 0.331. The van der Waals surface area contributed by atoms with Crippen LogP contribution in [0.25, 0.3) is 5.76 Å². The van der Waals surface area contributed by atoms with E-state index in [0.29, 0.717) is 21.3 Å². The summed E-state index contributed by atoms with van der Waals surface area (Å²) >= 11 is 7.22. The molecule has 0 bridgehead atoms. The molecule has 158 valence electrons. The van der Waals surface area contributed by atoms with Crippen LogP contribution in [0.4, 0.5) is 5.13 Å². The van der Waals surface area contributed by atoms with Crippen LogP contribution in [0.1, 0.15) is 47.5 Å². The van der Waals surface area contributed by atoms with Gasteiger partial charge in [0.25, 0.3) is 5.78 Å². The number of nitrogens with zero attached hydrogens (tertiary/aromatic N) is 3. The number of carbonyl (C=O) groups excluding carboxylic acids is 2. The molecule has 1 atom stereocenters. The van der Waals surface area contributed by atoms with E-state index in [9.17, 15) is 14.7 Å². The summed E-state index contributed by atoms with van der Waals surface area (Å²) in [6.07, 6.45) is 0. The van der Waals surface area contributed by atoms with Crippen molar-refractivity contribution in [3.05, 3.63) is 80.8 Å². The van der Waals surface area contributed by atoms with Crippen molar-refractivity contribution in [1.29, 1.82) is 0 Å². The van der Waals surface area contributed by atoms with Crippen LogP contribution in [0.3, 0.4) is 0 Å². The second-order valence-corrected chi connectivity index (χ2v) is 9.09. The van der Waals surface area contributed by atoms with E-state index in [0.717, 1.165) is 10.6 Å². The molecule has 0 unspecified atom stereocenters. The molecule has 2 aromatic carbocycles. The Morgan fingerprint density at radius 1 is 1.06 bits per heavy atom. The molecule has 6 nitrogen and oxygen atoms in total. The molecule has 1 saturated heterocycles. The van der Waals surface area contributed by atoms with Crippen LogP contribution in [0.2, 0.25) is 5.02 Å². The van der Waals surface area contributed by atoms with E-state index < -0.39 is 17.7 Å². The van der Waals surface area contributed by atoms with Gasteiger partial charge in [-0.1, -0.05) is 66.6 Å². The van der Waals surface area contributed by atoms with Gasteiger partial charge in [-0.05, 0) is 36.8 Å². The molecule has 1 aliphatic heterocycles. The van der Waals surface area contributed by atoms with Crippen molar-refractivity contribution < 1.29 is 14.7 Å². The number of aliphatic hydroxyl groups is 1. The molecule has 1 N–H and O–H groups in total. The molecule has 1 amide bonds. The lowest BCUT2D eigenvalue weighted by Gasteiger charge is -2.22. The second kappa shape index (κ2) is 8.24. The first kappa shape index (κ1) is 21.2. The lowest BCUT2D eigenvalue weighted by molar-refractivity contribution is -0.132. The van der Waals surface area contributed by atoms with Crippen molar-refractivity contribution in [3.63, 3.8) is 0 Å². The number of Topliss-reactive ketones (excluding diaryl/α,β-unsaturated/α-hetero) is 1. The molecule has 1 aromatic heterocycles. The lowest BCUT2D eigenvalue weighted by Crippen LogP contribution is -2.29. The summed E-state index contributed by atoms with van der Waals surface area (Å²) in [4.78, 5) is 27.5. The highest BCUT2D eigenvalue weighted by molar-refractivity contribution is 7.15. The van der Waals surface area contributed by atoms with Gasteiger partial charge in [-0.15, -0.1) is 10.2 Å². The summed E-state index contributed by atoms with van der Waals surface area (Å²) in [5, 5.41) is 21.0. The minimum atomic E-state index is -0.816. The van der Waals surface area contributed by atoms with Crippen molar-refractivity contribution in [2.75, 3.05) is 4.90 Å². The average Bonchev–Trinajstić information content (AvgIpc) is 3.32. The molecule has 0 aliphatic carbocycles. The second-order valence-electron chi connectivity index (χ2n) is 7.66. The standard InChI is InChI=1S/C23H20ClN3O3S/c1-12(2)21-25-26-23(31-21)27-18(14-6-4-13(3)5-7-14)17(20(29)22(27)30)19(28)15-8-10-16(24)11-9-15/h4-12,18,28H,1-3H3/t18-/m0/s1. The Labute approximate surface area is 188 Å². The van der Waals surface area contributed by atoms with E-state index in [-0.39, 0.29) is 17.3 Å². The van der Waals surface area contributed by atoms with Gasteiger partial charge in [0.1, 0.15) is 10.8 Å². The number of benzene rings is 2. The van der Waals surface area contributed by atoms with Gasteiger partial charge in [0, 0.05) is 16.5 Å². The zero-order valence-corrected chi connectivity index (χ0v) is 18.7. The number of carbonyl (C=O) groups is 2. The fourth-order valence-corrected chi connectivity index (χ4v) is 4.41. The van der Waals surface area contributed by atoms with Crippen molar-refractivity contribution in [1.82, 2.24) is 10.2 Å². The molecule has 1 aliphatic rings. The van der Waals surface area contributed by atoms with E-state index in [4.69, 9.17) is 11.6 Å². The number of amides is 1. The predicted molar refractivity (Wildman–Crippen MR) is 121 cm³/mol. The Morgan fingerprint density at radius 3 is 2.29 bits per heavy atom. The Morgan fingerprint density at radius 2 is 1.71 bits per heavy atom. The summed E-state index contributed by atoms with van der Waals surface area (Å²) in [6, 6.07) is 13.1. The fraction of sp³-hybridized carbons (Fsp3) is 0.217. The summed E-state index contributed by atoms with van der Waals surface area (Å²) in [5.74, 6) is -1.63. The number of hydrogen-bond acceptors (Lipinski definition) is 6. The van der Waals surface area contributed by atoms with E-state index in [2.05, 4.69) is 10.2 Å². The first-order valence-electron chi connectivity index (χ1n) is 9.75. The average molecular weight is 454 g/mol. The highest BCUT2D eigenvalue weighted by Crippen LogP contribution is 2.43. The van der Waals surface area contributed by atoms with Gasteiger partial charge in [-0.2, -0.15) is 0 Å². The van der Waals surface area contributed by atoms with Gasteiger partial charge >= 0.3 is 5.91 Å². The highest BCUT2D eigenvalue weighted by Gasteiger charge is 2.48. The largest absolute Gasteiger partial charge is 0.507 e. The number of aromatic nitrogens is 2. The molecular weight excluding hydrogens is 434 g/mol. The number of ketones is 1. The third-order valence-electron chi connectivity index (χ3n) is 5.09. The van der Waals surface area contributed by atoms with Gasteiger partial charge in [0.15, 0.2) is 0 Å². The minimum Gasteiger partial charge on any atom is -0.507 e. The maximum atomic E-state index is 13.1. The number of rotatable bonds is 4. The molecule has 0 spiro atoms. The normalized spacial score (nSPS) is 18.2. The minimum absolute atomic E-state index is 0.0115. The molecule has 1 fully saturated rings. The summed E-state index contributed by atoms with van der Waals surface area (Å²) in [7, 11) is 0. The SMILES string of the molecule is Cc1ccc([C@H]2C(=C(O)c3ccc(Cl)cc3)C(=O)C(=O)N2c2nnc(C(C)C)s2)cc1. The van der Waals surface area contributed by atoms with Gasteiger partial charge in [0.05, 0.1) is 11.6 Å². The molecule has 3 aromatic rings. The van der Waals surface area contributed by atoms with Crippen molar-refractivity contribution in [2.45, 2.75) is 32.7 Å². The molecule has 31 heavy (non-hydrogen) atoms. The number of aryl methyl sites for hydroxylation is 1. The van der Waals surface area contributed by atoms with E-state index in [1.807, 2.05) is 45.0 Å². The monoisotopic (exact) mass is 453 g/mol. The highest BCUT2D eigenvalue weighted by atomic mass is 35.5. The van der Waals surface area contributed by atoms with Crippen LogP contribution in [0, 0.1) is 6.92 Å². The van der Waals surface area contributed by atoms with Crippen molar-refractivity contribution >= 4 is 45.5 Å². The number of hydrogen-bond donors (Lipinski definition) is 1. The number of aliphatic hydroxyl groups excluding tert-OH is 1. The van der Waals surface area contributed by atoms with Crippen LogP contribution < -0.4 is 4.90 Å². The van der Waals surface area contributed by atoms with Gasteiger partial charge in [0.2, 0.25) is 5.13 Å². The smallest absolute Gasteiger partial charge is 0.301 e. The first-order chi connectivity index (χ1) is 14.8. The Balaban J connectivity index is 1.91. The summed E-state index contributed by atoms with van der Waals surface area (Å²) < 4.78 is 0. The van der Waals surface area contributed by atoms with Gasteiger partial charge in [-0.25, -0.2) is 0 Å². The first-order valence-corrected chi connectivity index (χ1v) is 10.9. The predicted octanol–water partition coefficient (Wildman–Crippen LogP) is 5.25. The zero-order valence-electron chi connectivity index (χ0n) is 17.2. The molecule has 8 heteroatoms. The Kier molecular flexibility index (Phi) is 5.64. The van der Waals surface area contributed by atoms with Crippen LogP contribution in [0.15, 0.2) is 54.1 Å². The zero-order chi connectivity index (χ0) is 22.3. The van der Waals surface area contributed by atoms with Gasteiger partial charge in [-0.3, -0.25) is 14.5 Å². The molecule has 0 radical (unpaired) electrons. The fourth-order valence-electron chi connectivity index (χ4n) is 3.41. The van der Waals surface area contributed by atoms with E-state index in [1.165, 1.54) is 16.2 Å².